The number of hydrogen-bond acceptors (Lipinski definition) is 7. The van der Waals surface area contributed by atoms with Gasteiger partial charge in [0.2, 0.25) is 0 Å². The van der Waals surface area contributed by atoms with E-state index in [2.05, 4.69) is 23.5 Å². The molecule has 1 aromatic heterocycles. The number of methoxy groups -OCH3 is 1. The molecule has 0 fully saturated rings. The average Bonchev–Trinajstić information content (AvgIpc) is 2.79. The Balaban J connectivity index is 1.98. The zero-order valence-corrected chi connectivity index (χ0v) is 18.3. The fourth-order valence-electron chi connectivity index (χ4n) is 2.80. The summed E-state index contributed by atoms with van der Waals surface area (Å²) in [4.78, 5) is 28.2. The second kappa shape index (κ2) is 12.0. The van der Waals surface area contributed by atoms with Crippen LogP contribution in [0.25, 0.3) is 0 Å². The van der Waals surface area contributed by atoms with Crippen LogP contribution < -0.4 is 14.8 Å². The summed E-state index contributed by atoms with van der Waals surface area (Å²) in [6, 6.07) is 5.41. The van der Waals surface area contributed by atoms with Gasteiger partial charge in [0.05, 0.1) is 7.11 Å². The lowest BCUT2D eigenvalue weighted by Crippen LogP contribution is -2.33. The van der Waals surface area contributed by atoms with Crippen LogP contribution in [0.15, 0.2) is 67.6 Å². The van der Waals surface area contributed by atoms with Gasteiger partial charge >= 0.3 is 5.97 Å². The van der Waals surface area contributed by atoms with Crippen LogP contribution in [0, 0.1) is 5.82 Å². The molecule has 1 heterocycles. The first-order valence-corrected chi connectivity index (χ1v) is 9.90. The predicted molar refractivity (Wildman–Crippen MR) is 120 cm³/mol. The number of benzene rings is 1. The van der Waals surface area contributed by atoms with E-state index < -0.39 is 36.1 Å². The first kappa shape index (κ1) is 25.1. The molecule has 33 heavy (non-hydrogen) atoms. The molecule has 2 rings (SSSR count). The molecule has 1 amide bonds. The number of amides is 1. The topological polar surface area (TPSA) is 107 Å². The molecule has 0 radical (unpaired) electrons. The van der Waals surface area contributed by atoms with Crippen molar-refractivity contribution in [2.75, 3.05) is 13.7 Å². The van der Waals surface area contributed by atoms with Gasteiger partial charge in [0.25, 0.3) is 5.91 Å². The highest BCUT2D eigenvalue weighted by Crippen LogP contribution is 2.27. The number of aromatic hydroxyl groups is 1. The van der Waals surface area contributed by atoms with Crippen molar-refractivity contribution < 1.29 is 33.3 Å². The van der Waals surface area contributed by atoms with Crippen LogP contribution >= 0.6 is 0 Å². The number of ether oxygens (including phenoxy) is 3. The van der Waals surface area contributed by atoms with E-state index in [0.29, 0.717) is 11.3 Å². The molecule has 0 saturated heterocycles. The van der Waals surface area contributed by atoms with Gasteiger partial charge in [-0.15, -0.1) is 0 Å². The molecule has 8 nitrogen and oxygen atoms in total. The van der Waals surface area contributed by atoms with E-state index >= 15 is 0 Å². The molecule has 174 valence electrons. The summed E-state index contributed by atoms with van der Waals surface area (Å²) in [6.07, 6.45) is 5.45. The predicted octanol–water partition coefficient (Wildman–Crippen LogP) is 3.47. The van der Waals surface area contributed by atoms with Gasteiger partial charge in [-0.2, -0.15) is 0 Å². The number of hydrogen-bond donors (Lipinski definition) is 2. The maximum Gasteiger partial charge on any atom is 0.325 e. The van der Waals surface area contributed by atoms with E-state index in [1.54, 1.807) is 13.0 Å². The van der Waals surface area contributed by atoms with Crippen molar-refractivity contribution in [3.8, 4) is 17.2 Å². The number of carbonyl (C=O) groups is 2. The van der Waals surface area contributed by atoms with E-state index in [9.17, 15) is 19.1 Å². The van der Waals surface area contributed by atoms with Crippen LogP contribution in [0.4, 0.5) is 4.39 Å². The number of nitrogens with zero attached hydrogens (tertiary/aromatic N) is 1. The van der Waals surface area contributed by atoms with Crippen LogP contribution in [0.3, 0.4) is 0 Å². The Morgan fingerprint density at radius 1 is 1.27 bits per heavy atom. The van der Waals surface area contributed by atoms with Gasteiger partial charge < -0.3 is 24.6 Å². The van der Waals surface area contributed by atoms with Gasteiger partial charge in [0.1, 0.15) is 30.0 Å². The van der Waals surface area contributed by atoms with Gasteiger partial charge in [-0.1, -0.05) is 25.3 Å². The number of allylic oxidation sites excluding steroid dienone is 3. The zero-order chi connectivity index (χ0) is 24.4. The van der Waals surface area contributed by atoms with Crippen LogP contribution in [0.2, 0.25) is 0 Å². The fourth-order valence-corrected chi connectivity index (χ4v) is 2.80. The molecule has 9 heteroatoms. The molecular weight excluding hydrogens is 431 g/mol. The summed E-state index contributed by atoms with van der Waals surface area (Å²) < 4.78 is 29.6. The van der Waals surface area contributed by atoms with Gasteiger partial charge in [-0.05, 0) is 30.7 Å². The van der Waals surface area contributed by atoms with Crippen molar-refractivity contribution in [3.63, 3.8) is 0 Å². The SMILES string of the molecule is C=C/C=C(\C=C)Oc1cc(F)ccc1CC(C)OC(=O)CNC(=O)c1nccc(OC)c1O. The molecular formula is C24H25FN2O6. The van der Waals surface area contributed by atoms with Crippen LogP contribution in [-0.4, -0.2) is 41.7 Å². The summed E-state index contributed by atoms with van der Waals surface area (Å²) in [5, 5.41) is 12.3. The molecule has 0 spiro atoms. The fraction of sp³-hybridized carbons (Fsp3) is 0.208. The van der Waals surface area contributed by atoms with Crippen LogP contribution in [0.1, 0.15) is 23.0 Å². The van der Waals surface area contributed by atoms with Gasteiger partial charge in [0, 0.05) is 24.8 Å². The zero-order valence-electron chi connectivity index (χ0n) is 18.3. The molecule has 2 aromatic rings. The van der Waals surface area contributed by atoms with E-state index in [-0.39, 0.29) is 23.6 Å². The summed E-state index contributed by atoms with van der Waals surface area (Å²) >= 11 is 0. The van der Waals surface area contributed by atoms with E-state index in [4.69, 9.17) is 14.2 Å². The molecule has 1 atom stereocenters. The van der Waals surface area contributed by atoms with E-state index in [1.807, 2.05) is 0 Å². The van der Waals surface area contributed by atoms with Crippen molar-refractivity contribution >= 4 is 11.9 Å². The normalized spacial score (nSPS) is 11.8. The maximum atomic E-state index is 13.7. The number of halogens is 1. The third-order valence-electron chi connectivity index (χ3n) is 4.30. The smallest absolute Gasteiger partial charge is 0.325 e. The quantitative estimate of drug-likeness (QED) is 0.303. The third kappa shape index (κ3) is 7.20. The molecule has 0 aliphatic heterocycles. The molecule has 1 unspecified atom stereocenters. The van der Waals surface area contributed by atoms with Crippen molar-refractivity contribution in [3.05, 3.63) is 84.7 Å². The van der Waals surface area contributed by atoms with Crippen LogP contribution in [0.5, 0.6) is 17.2 Å². The Hall–Kier alpha value is -4.14. The molecule has 2 N–H and O–H groups in total. The molecule has 0 aliphatic rings. The Kier molecular flexibility index (Phi) is 9.17. The van der Waals surface area contributed by atoms with E-state index in [0.717, 1.165) is 0 Å². The minimum Gasteiger partial charge on any atom is -0.503 e. The van der Waals surface area contributed by atoms with Gasteiger partial charge in [-0.25, -0.2) is 9.37 Å². The third-order valence-corrected chi connectivity index (χ3v) is 4.30. The van der Waals surface area contributed by atoms with Crippen molar-refractivity contribution in [2.45, 2.75) is 19.4 Å². The van der Waals surface area contributed by atoms with Crippen molar-refractivity contribution in [1.82, 2.24) is 10.3 Å². The van der Waals surface area contributed by atoms with E-state index in [1.165, 1.54) is 49.7 Å². The Morgan fingerprint density at radius 2 is 2.03 bits per heavy atom. The lowest BCUT2D eigenvalue weighted by Gasteiger charge is -2.17. The minimum atomic E-state index is -0.767. The number of aromatic nitrogens is 1. The number of pyridine rings is 1. The van der Waals surface area contributed by atoms with Gasteiger partial charge in [0.15, 0.2) is 17.2 Å². The number of rotatable bonds is 11. The summed E-state index contributed by atoms with van der Waals surface area (Å²) in [7, 11) is 1.33. The standard InChI is InChI=1S/C24H25FN2O6/c1-5-7-18(6-2)33-20-13-17(25)9-8-16(20)12-15(3)32-21(28)14-27-24(30)22-23(29)19(31-4)10-11-26-22/h5-11,13,15,29H,1-2,12,14H2,3-4H3,(H,27,30)/b18-7+. The number of esters is 1. The monoisotopic (exact) mass is 456 g/mol. The Morgan fingerprint density at radius 3 is 2.70 bits per heavy atom. The first-order valence-electron chi connectivity index (χ1n) is 9.90. The lowest BCUT2D eigenvalue weighted by molar-refractivity contribution is -0.146. The summed E-state index contributed by atoms with van der Waals surface area (Å²) in [6.45, 7) is 8.42. The minimum absolute atomic E-state index is 0.0752. The highest BCUT2D eigenvalue weighted by Gasteiger charge is 2.19. The number of carbonyl (C=O) groups excluding carboxylic acids is 2. The average molecular weight is 456 g/mol. The first-order chi connectivity index (χ1) is 15.8. The Labute approximate surface area is 191 Å². The van der Waals surface area contributed by atoms with Crippen molar-refractivity contribution in [2.24, 2.45) is 0 Å². The highest BCUT2D eigenvalue weighted by molar-refractivity contribution is 5.97. The Bertz CT molecular complexity index is 1070. The summed E-state index contributed by atoms with van der Waals surface area (Å²) in [5.41, 5.74) is 0.317. The second-order valence-corrected chi connectivity index (χ2v) is 6.76. The molecule has 1 aromatic carbocycles. The van der Waals surface area contributed by atoms with Gasteiger partial charge in [-0.3, -0.25) is 9.59 Å². The maximum absolute atomic E-state index is 13.7. The van der Waals surface area contributed by atoms with Crippen molar-refractivity contribution in [1.29, 1.82) is 0 Å². The lowest BCUT2D eigenvalue weighted by atomic mass is 10.1. The number of nitrogens with one attached hydrogen (secondary N) is 1. The van der Waals surface area contributed by atoms with Crippen LogP contribution in [-0.2, 0) is 16.0 Å². The summed E-state index contributed by atoms with van der Waals surface area (Å²) in [5.74, 6) is -1.70. The molecule has 0 saturated carbocycles. The highest BCUT2D eigenvalue weighted by atomic mass is 19.1. The molecule has 0 aliphatic carbocycles. The molecule has 0 bridgehead atoms. The largest absolute Gasteiger partial charge is 0.503 e. The second-order valence-electron chi connectivity index (χ2n) is 6.76.